The summed E-state index contributed by atoms with van der Waals surface area (Å²) in [6.45, 7) is 2.49. The number of carbonyl (C=O) groups is 1. The van der Waals surface area contributed by atoms with E-state index in [4.69, 9.17) is 4.74 Å². The highest BCUT2D eigenvalue weighted by molar-refractivity contribution is 8.00. The zero-order valence-electron chi connectivity index (χ0n) is 9.23. The summed E-state index contributed by atoms with van der Waals surface area (Å²) in [5.41, 5.74) is 1.29. The van der Waals surface area contributed by atoms with E-state index in [1.807, 2.05) is 36.0 Å². The molecule has 1 aliphatic heterocycles. The van der Waals surface area contributed by atoms with E-state index in [1.54, 1.807) is 0 Å². The number of hydrogen-bond acceptors (Lipinski definition) is 4. The maximum atomic E-state index is 10.7. The zero-order chi connectivity index (χ0) is 11.4. The number of rotatable bonds is 3. The molecule has 1 aromatic rings. The molecular weight excluding hydrogens is 222 g/mol. The van der Waals surface area contributed by atoms with Crippen LogP contribution in [-0.2, 0) is 11.2 Å². The van der Waals surface area contributed by atoms with Crippen LogP contribution in [0.5, 0.6) is 5.75 Å². The third-order valence-electron chi connectivity index (χ3n) is 2.44. The Morgan fingerprint density at radius 2 is 2.25 bits per heavy atom. The first-order chi connectivity index (χ1) is 7.74. The molecule has 0 aromatic heterocycles. The average Bonchev–Trinajstić information content (AvgIpc) is 2.73. The highest BCUT2D eigenvalue weighted by atomic mass is 32.2. The first-order valence-electron chi connectivity index (χ1n) is 5.34. The van der Waals surface area contributed by atoms with Crippen LogP contribution < -0.4 is 10.1 Å². The van der Waals surface area contributed by atoms with Gasteiger partial charge in [0, 0.05) is 24.6 Å². The van der Waals surface area contributed by atoms with Gasteiger partial charge in [0.25, 0.3) is 0 Å². The van der Waals surface area contributed by atoms with Crippen molar-refractivity contribution in [3.05, 3.63) is 29.8 Å². The molecule has 0 spiro atoms. The molecule has 0 aliphatic carbocycles. The Bertz CT molecular complexity index is 358. The first kappa shape index (κ1) is 11.5. The van der Waals surface area contributed by atoms with Gasteiger partial charge >= 0.3 is 5.97 Å². The second kappa shape index (κ2) is 5.37. The molecule has 16 heavy (non-hydrogen) atoms. The number of ether oxygens (including phenoxy) is 1. The lowest BCUT2D eigenvalue weighted by Gasteiger charge is -2.08. The summed E-state index contributed by atoms with van der Waals surface area (Å²) >= 11 is 1.96. The Morgan fingerprint density at radius 1 is 1.50 bits per heavy atom. The Balaban J connectivity index is 1.93. The van der Waals surface area contributed by atoms with Gasteiger partial charge < -0.3 is 10.1 Å². The van der Waals surface area contributed by atoms with E-state index in [2.05, 4.69) is 5.32 Å². The van der Waals surface area contributed by atoms with Crippen molar-refractivity contribution in [3.8, 4) is 5.75 Å². The third-order valence-corrected chi connectivity index (χ3v) is 3.62. The van der Waals surface area contributed by atoms with Crippen molar-refractivity contribution in [2.45, 2.75) is 18.6 Å². The standard InChI is InChI=1S/C12H15NO2S/c1-9(14)15-11-4-2-10(3-5-11)6-12-7-13-8-16-12/h2-5,12-13H,6-8H2,1H3. The molecule has 0 bridgehead atoms. The van der Waals surface area contributed by atoms with Gasteiger partial charge in [-0.15, -0.1) is 11.8 Å². The lowest BCUT2D eigenvalue weighted by Crippen LogP contribution is -2.14. The zero-order valence-corrected chi connectivity index (χ0v) is 10.0. The quantitative estimate of drug-likeness (QED) is 0.643. The van der Waals surface area contributed by atoms with Gasteiger partial charge in [-0.1, -0.05) is 12.1 Å². The summed E-state index contributed by atoms with van der Waals surface area (Å²) in [4.78, 5) is 10.7. The van der Waals surface area contributed by atoms with Gasteiger partial charge in [-0.05, 0) is 24.1 Å². The molecule has 86 valence electrons. The number of nitrogens with one attached hydrogen (secondary N) is 1. The van der Waals surface area contributed by atoms with Crippen LogP contribution in [-0.4, -0.2) is 23.6 Å². The molecule has 0 amide bonds. The van der Waals surface area contributed by atoms with Crippen molar-refractivity contribution < 1.29 is 9.53 Å². The minimum absolute atomic E-state index is 0.275. The van der Waals surface area contributed by atoms with Gasteiger partial charge in [0.05, 0.1) is 0 Å². The maximum absolute atomic E-state index is 10.7. The lowest BCUT2D eigenvalue weighted by atomic mass is 10.1. The third kappa shape index (κ3) is 3.25. The molecule has 1 N–H and O–H groups in total. The fourth-order valence-electron chi connectivity index (χ4n) is 1.71. The van der Waals surface area contributed by atoms with E-state index >= 15 is 0 Å². The van der Waals surface area contributed by atoms with Crippen LogP contribution in [0.1, 0.15) is 12.5 Å². The van der Waals surface area contributed by atoms with Gasteiger partial charge in [0.1, 0.15) is 5.75 Å². The fraction of sp³-hybridized carbons (Fsp3) is 0.417. The summed E-state index contributed by atoms with van der Waals surface area (Å²) < 4.78 is 4.98. The van der Waals surface area contributed by atoms with Gasteiger partial charge in [-0.3, -0.25) is 4.79 Å². The fourth-order valence-corrected chi connectivity index (χ4v) is 2.73. The average molecular weight is 237 g/mol. The lowest BCUT2D eigenvalue weighted by molar-refractivity contribution is -0.131. The predicted octanol–water partition coefficient (Wildman–Crippen LogP) is 1.82. The van der Waals surface area contributed by atoms with Crippen molar-refractivity contribution >= 4 is 17.7 Å². The second-order valence-corrected chi connectivity index (χ2v) is 5.12. The molecule has 1 fully saturated rings. The first-order valence-corrected chi connectivity index (χ1v) is 6.38. The normalized spacial score (nSPS) is 19.7. The van der Waals surface area contributed by atoms with Crippen LogP contribution in [0.25, 0.3) is 0 Å². The Kier molecular flexibility index (Phi) is 3.85. The minimum Gasteiger partial charge on any atom is -0.427 e. The van der Waals surface area contributed by atoms with Gasteiger partial charge in [0.15, 0.2) is 0 Å². The molecule has 4 heteroatoms. The minimum atomic E-state index is -0.275. The Labute approximate surface area is 99.6 Å². The van der Waals surface area contributed by atoms with Gasteiger partial charge in [-0.25, -0.2) is 0 Å². The van der Waals surface area contributed by atoms with E-state index in [0.717, 1.165) is 18.8 Å². The van der Waals surface area contributed by atoms with Crippen LogP contribution in [0.4, 0.5) is 0 Å². The van der Waals surface area contributed by atoms with Crippen LogP contribution in [0, 0.1) is 0 Å². The van der Waals surface area contributed by atoms with E-state index in [0.29, 0.717) is 11.0 Å². The Morgan fingerprint density at radius 3 is 2.81 bits per heavy atom. The molecular formula is C12H15NO2S. The van der Waals surface area contributed by atoms with Crippen LogP contribution in [0.2, 0.25) is 0 Å². The van der Waals surface area contributed by atoms with E-state index in [1.165, 1.54) is 12.5 Å². The molecule has 0 radical (unpaired) electrons. The molecule has 1 atom stereocenters. The number of carbonyl (C=O) groups excluding carboxylic acids is 1. The number of esters is 1. The summed E-state index contributed by atoms with van der Waals surface area (Å²) in [7, 11) is 0. The number of benzene rings is 1. The van der Waals surface area contributed by atoms with Crippen molar-refractivity contribution in [1.29, 1.82) is 0 Å². The predicted molar refractivity (Wildman–Crippen MR) is 65.7 cm³/mol. The SMILES string of the molecule is CC(=O)Oc1ccc(CC2CNCS2)cc1. The summed E-state index contributed by atoms with van der Waals surface area (Å²) in [6.07, 6.45) is 1.07. The molecule has 3 nitrogen and oxygen atoms in total. The topological polar surface area (TPSA) is 38.3 Å². The van der Waals surface area contributed by atoms with E-state index < -0.39 is 0 Å². The van der Waals surface area contributed by atoms with E-state index in [9.17, 15) is 4.79 Å². The van der Waals surface area contributed by atoms with Crippen LogP contribution >= 0.6 is 11.8 Å². The second-order valence-electron chi connectivity index (χ2n) is 3.83. The van der Waals surface area contributed by atoms with Gasteiger partial charge in [0.2, 0.25) is 0 Å². The van der Waals surface area contributed by atoms with E-state index in [-0.39, 0.29) is 5.97 Å². The Hall–Kier alpha value is -1.00. The highest BCUT2D eigenvalue weighted by Gasteiger charge is 2.15. The molecule has 0 saturated carbocycles. The summed E-state index contributed by atoms with van der Waals surface area (Å²) in [5.74, 6) is 1.40. The number of hydrogen-bond donors (Lipinski definition) is 1. The molecule has 1 aliphatic rings. The van der Waals surface area contributed by atoms with Crippen molar-refractivity contribution in [1.82, 2.24) is 5.32 Å². The van der Waals surface area contributed by atoms with Crippen molar-refractivity contribution in [3.63, 3.8) is 0 Å². The van der Waals surface area contributed by atoms with Crippen molar-refractivity contribution in [2.75, 3.05) is 12.4 Å². The smallest absolute Gasteiger partial charge is 0.308 e. The molecule has 1 heterocycles. The summed E-state index contributed by atoms with van der Waals surface area (Å²) in [6, 6.07) is 7.75. The summed E-state index contributed by atoms with van der Waals surface area (Å²) in [5, 5.41) is 3.99. The number of thioether (sulfide) groups is 1. The molecule has 1 saturated heterocycles. The van der Waals surface area contributed by atoms with Crippen LogP contribution in [0.15, 0.2) is 24.3 Å². The molecule has 2 rings (SSSR count). The van der Waals surface area contributed by atoms with Gasteiger partial charge in [-0.2, -0.15) is 0 Å². The monoisotopic (exact) mass is 237 g/mol. The highest BCUT2D eigenvalue weighted by Crippen LogP contribution is 2.21. The van der Waals surface area contributed by atoms with Crippen molar-refractivity contribution in [2.24, 2.45) is 0 Å². The largest absolute Gasteiger partial charge is 0.427 e. The van der Waals surface area contributed by atoms with Crippen LogP contribution in [0.3, 0.4) is 0 Å². The molecule has 1 unspecified atom stereocenters. The molecule has 1 aromatic carbocycles. The maximum Gasteiger partial charge on any atom is 0.308 e.